The highest BCUT2D eigenvalue weighted by molar-refractivity contribution is 5.98. The molecule has 27 heavy (non-hydrogen) atoms. The van der Waals surface area contributed by atoms with E-state index in [1.165, 1.54) is 26.4 Å². The van der Waals surface area contributed by atoms with Crippen molar-refractivity contribution in [3.8, 4) is 5.75 Å². The highest BCUT2D eigenvalue weighted by Gasteiger charge is 2.36. The molecule has 0 aliphatic carbocycles. The van der Waals surface area contributed by atoms with Crippen LogP contribution in [0.4, 0.5) is 0 Å². The predicted molar refractivity (Wildman–Crippen MR) is 96.7 cm³/mol. The lowest BCUT2D eigenvalue weighted by Crippen LogP contribution is -2.32. The normalized spacial score (nSPS) is 20.1. The third-order valence-corrected chi connectivity index (χ3v) is 4.72. The number of phenols is 1. The minimum Gasteiger partial charge on any atom is -0.508 e. The first kappa shape index (κ1) is 19.0. The summed E-state index contributed by atoms with van der Waals surface area (Å²) in [5, 5.41) is 9.85. The van der Waals surface area contributed by atoms with Crippen molar-refractivity contribution < 1.29 is 28.9 Å². The summed E-state index contributed by atoms with van der Waals surface area (Å²) in [7, 11) is 2.59. The second-order valence-corrected chi connectivity index (χ2v) is 6.51. The van der Waals surface area contributed by atoms with Crippen LogP contribution in [0.5, 0.6) is 5.75 Å². The van der Waals surface area contributed by atoms with Crippen LogP contribution < -0.4 is 0 Å². The molecule has 0 aromatic heterocycles. The van der Waals surface area contributed by atoms with Crippen LogP contribution in [-0.4, -0.2) is 55.4 Å². The number of ether oxygens (including phenoxy) is 3. The Labute approximate surface area is 157 Å². The summed E-state index contributed by atoms with van der Waals surface area (Å²) < 4.78 is 15.6. The van der Waals surface area contributed by atoms with Gasteiger partial charge in [-0.2, -0.15) is 0 Å². The average molecular weight is 373 g/mol. The van der Waals surface area contributed by atoms with Crippen LogP contribution in [0.15, 0.2) is 47.8 Å². The van der Waals surface area contributed by atoms with Crippen molar-refractivity contribution in [2.24, 2.45) is 0 Å². The van der Waals surface area contributed by atoms with Crippen molar-refractivity contribution >= 4 is 11.9 Å². The van der Waals surface area contributed by atoms with E-state index in [0.29, 0.717) is 29.9 Å². The van der Waals surface area contributed by atoms with Gasteiger partial charge in [0.15, 0.2) is 0 Å². The van der Waals surface area contributed by atoms with Crippen LogP contribution in [0.25, 0.3) is 0 Å². The molecule has 2 aliphatic heterocycles. The third kappa shape index (κ3) is 4.14. The first-order chi connectivity index (χ1) is 13.0. The summed E-state index contributed by atoms with van der Waals surface area (Å²) in [5.41, 5.74) is 1.19. The van der Waals surface area contributed by atoms with Crippen LogP contribution in [0.3, 0.4) is 0 Å². The molecule has 1 saturated heterocycles. The summed E-state index contributed by atoms with van der Waals surface area (Å²) >= 11 is 0. The SMILES string of the molecule is COC(=O)C1=CN(C[C@H]2CCCO2)C=C(C(=O)OC)C1c1cccc(O)c1. The lowest BCUT2D eigenvalue weighted by Gasteiger charge is -2.31. The maximum Gasteiger partial charge on any atom is 0.336 e. The first-order valence-electron chi connectivity index (χ1n) is 8.79. The fourth-order valence-electron chi connectivity index (χ4n) is 3.48. The van der Waals surface area contributed by atoms with Gasteiger partial charge in [-0.3, -0.25) is 0 Å². The number of rotatable bonds is 5. The molecule has 1 fully saturated rings. The van der Waals surface area contributed by atoms with Gasteiger partial charge in [0.05, 0.1) is 37.4 Å². The van der Waals surface area contributed by atoms with Crippen molar-refractivity contribution in [1.29, 1.82) is 0 Å². The minimum absolute atomic E-state index is 0.0348. The molecule has 2 heterocycles. The lowest BCUT2D eigenvalue weighted by atomic mass is 9.83. The molecule has 0 amide bonds. The van der Waals surface area contributed by atoms with Gasteiger partial charge >= 0.3 is 11.9 Å². The van der Waals surface area contributed by atoms with E-state index >= 15 is 0 Å². The Kier molecular flexibility index (Phi) is 5.81. The van der Waals surface area contributed by atoms with Crippen molar-refractivity contribution in [3.63, 3.8) is 0 Å². The fraction of sp³-hybridized carbons (Fsp3) is 0.400. The minimum atomic E-state index is -0.697. The van der Waals surface area contributed by atoms with E-state index in [9.17, 15) is 14.7 Å². The number of esters is 2. The second-order valence-electron chi connectivity index (χ2n) is 6.51. The molecule has 0 spiro atoms. The zero-order valence-corrected chi connectivity index (χ0v) is 15.4. The topological polar surface area (TPSA) is 85.3 Å². The maximum atomic E-state index is 12.5. The van der Waals surface area contributed by atoms with E-state index in [1.54, 1.807) is 29.4 Å². The number of hydrogen-bond acceptors (Lipinski definition) is 7. The molecule has 2 aliphatic rings. The van der Waals surface area contributed by atoms with Gasteiger partial charge in [-0.25, -0.2) is 9.59 Å². The Morgan fingerprint density at radius 3 is 2.37 bits per heavy atom. The largest absolute Gasteiger partial charge is 0.508 e. The number of carbonyl (C=O) groups excluding carboxylic acids is 2. The van der Waals surface area contributed by atoms with Crippen molar-refractivity contribution in [2.75, 3.05) is 27.4 Å². The van der Waals surface area contributed by atoms with E-state index in [-0.39, 0.29) is 11.9 Å². The van der Waals surface area contributed by atoms with E-state index in [2.05, 4.69) is 0 Å². The van der Waals surface area contributed by atoms with Crippen LogP contribution in [0.2, 0.25) is 0 Å². The van der Waals surface area contributed by atoms with Crippen LogP contribution in [-0.2, 0) is 23.8 Å². The molecule has 7 heteroatoms. The highest BCUT2D eigenvalue weighted by Crippen LogP contribution is 2.38. The summed E-state index contributed by atoms with van der Waals surface area (Å²) in [6, 6.07) is 6.45. The Morgan fingerprint density at radius 1 is 1.19 bits per heavy atom. The molecule has 7 nitrogen and oxygen atoms in total. The van der Waals surface area contributed by atoms with Gasteiger partial charge in [0, 0.05) is 25.6 Å². The number of methoxy groups -OCH3 is 2. The molecule has 0 saturated carbocycles. The van der Waals surface area contributed by atoms with Gasteiger partial charge in [0.1, 0.15) is 5.75 Å². The summed E-state index contributed by atoms with van der Waals surface area (Å²) in [6.07, 6.45) is 5.30. The molecular formula is C20H23NO6. The number of phenolic OH excluding ortho intramolecular Hbond substituents is 1. The molecule has 1 N–H and O–H groups in total. The van der Waals surface area contributed by atoms with Crippen LogP contribution >= 0.6 is 0 Å². The average Bonchev–Trinajstić information content (AvgIpc) is 3.19. The van der Waals surface area contributed by atoms with Crippen molar-refractivity contribution in [2.45, 2.75) is 24.9 Å². The molecule has 144 valence electrons. The predicted octanol–water partition coefficient (Wildman–Crippen LogP) is 2.08. The quantitative estimate of drug-likeness (QED) is 0.791. The van der Waals surface area contributed by atoms with Crippen molar-refractivity contribution in [3.05, 3.63) is 53.4 Å². The van der Waals surface area contributed by atoms with Gasteiger partial charge in [-0.1, -0.05) is 12.1 Å². The molecule has 3 rings (SSSR count). The van der Waals surface area contributed by atoms with E-state index < -0.39 is 17.9 Å². The summed E-state index contributed by atoms with van der Waals surface area (Å²) in [4.78, 5) is 26.7. The monoisotopic (exact) mass is 373 g/mol. The lowest BCUT2D eigenvalue weighted by molar-refractivity contribution is -0.137. The van der Waals surface area contributed by atoms with E-state index in [1.807, 2.05) is 0 Å². The Hall–Kier alpha value is -2.80. The van der Waals surface area contributed by atoms with Gasteiger partial charge in [0.2, 0.25) is 0 Å². The number of carbonyl (C=O) groups is 2. The van der Waals surface area contributed by atoms with Gasteiger partial charge < -0.3 is 24.2 Å². The summed E-state index contributed by atoms with van der Waals surface area (Å²) in [6.45, 7) is 1.24. The van der Waals surface area contributed by atoms with E-state index in [4.69, 9.17) is 14.2 Å². The Bertz CT molecular complexity index is 744. The number of hydrogen-bond donors (Lipinski definition) is 1. The molecule has 0 radical (unpaired) electrons. The van der Waals surface area contributed by atoms with Crippen LogP contribution in [0, 0.1) is 0 Å². The Morgan fingerprint density at radius 2 is 1.85 bits per heavy atom. The number of benzene rings is 1. The third-order valence-electron chi connectivity index (χ3n) is 4.72. The van der Waals surface area contributed by atoms with Gasteiger partial charge in [0.25, 0.3) is 0 Å². The molecule has 0 unspecified atom stereocenters. The zero-order valence-electron chi connectivity index (χ0n) is 15.4. The molecule has 1 aromatic rings. The zero-order chi connectivity index (χ0) is 19.4. The molecule has 0 bridgehead atoms. The maximum absolute atomic E-state index is 12.5. The van der Waals surface area contributed by atoms with Crippen LogP contribution in [0.1, 0.15) is 24.3 Å². The Balaban J connectivity index is 2.03. The van der Waals surface area contributed by atoms with Gasteiger partial charge in [-0.15, -0.1) is 0 Å². The summed E-state index contributed by atoms with van der Waals surface area (Å²) in [5.74, 6) is -1.74. The molecule has 1 aromatic carbocycles. The second kappa shape index (κ2) is 8.26. The standard InChI is InChI=1S/C20H23NO6/c1-25-19(23)16-11-21(10-15-7-4-8-27-15)12-17(20(24)26-2)18(16)13-5-3-6-14(22)9-13/h3,5-6,9,11-12,15,18,22H,4,7-8,10H2,1-2H3/t15-/m1/s1. The highest BCUT2D eigenvalue weighted by atomic mass is 16.5. The smallest absolute Gasteiger partial charge is 0.336 e. The first-order valence-corrected chi connectivity index (χ1v) is 8.79. The number of nitrogens with zero attached hydrogens (tertiary/aromatic N) is 1. The van der Waals surface area contributed by atoms with Crippen molar-refractivity contribution in [1.82, 2.24) is 4.90 Å². The fourth-order valence-corrected chi connectivity index (χ4v) is 3.48. The molecular weight excluding hydrogens is 350 g/mol. The number of aromatic hydroxyl groups is 1. The van der Waals surface area contributed by atoms with Gasteiger partial charge in [-0.05, 0) is 30.5 Å². The molecule has 1 atom stereocenters. The van der Waals surface area contributed by atoms with E-state index in [0.717, 1.165) is 12.8 Å².